The summed E-state index contributed by atoms with van der Waals surface area (Å²) in [7, 11) is 0. The minimum absolute atomic E-state index is 0.0331. The van der Waals surface area contributed by atoms with Crippen LogP contribution < -0.4 is 21.3 Å². The molecule has 0 aromatic heterocycles. The number of hydrogen-bond donors (Lipinski definition) is 4. The molecule has 0 spiro atoms. The van der Waals surface area contributed by atoms with Gasteiger partial charge in [0.1, 0.15) is 6.04 Å². The lowest BCUT2D eigenvalue weighted by Gasteiger charge is -2.22. The molecule has 1 aromatic rings. The lowest BCUT2D eigenvalue weighted by molar-refractivity contribution is -0.124. The van der Waals surface area contributed by atoms with Gasteiger partial charge in [0.05, 0.1) is 6.42 Å². The van der Waals surface area contributed by atoms with Crippen molar-refractivity contribution in [1.29, 1.82) is 0 Å². The van der Waals surface area contributed by atoms with E-state index in [1.165, 1.54) is 0 Å². The summed E-state index contributed by atoms with van der Waals surface area (Å²) in [5.74, 6) is -0.182. The van der Waals surface area contributed by atoms with Crippen LogP contribution in [-0.4, -0.2) is 37.0 Å². The van der Waals surface area contributed by atoms with Gasteiger partial charge in [-0.1, -0.05) is 12.1 Å². The zero-order chi connectivity index (χ0) is 16.7. The Morgan fingerprint density at radius 1 is 1.26 bits per heavy atom. The second-order valence-corrected chi connectivity index (χ2v) is 5.41. The van der Waals surface area contributed by atoms with Crippen LogP contribution in [0, 0.1) is 0 Å². The Balaban J connectivity index is 1.84. The van der Waals surface area contributed by atoms with Crippen molar-refractivity contribution in [2.24, 2.45) is 0 Å². The monoisotopic (exact) mass is 318 g/mol. The fourth-order valence-corrected chi connectivity index (χ4v) is 2.39. The SMILES string of the molecule is CCNC(=O)Cc1ccc(NC(=O)NC2CCCNC2=O)cc1. The van der Waals surface area contributed by atoms with Crippen LogP contribution in [0.3, 0.4) is 0 Å². The molecule has 0 aliphatic carbocycles. The van der Waals surface area contributed by atoms with Gasteiger partial charge >= 0.3 is 6.03 Å². The number of hydrogen-bond acceptors (Lipinski definition) is 3. The summed E-state index contributed by atoms with van der Waals surface area (Å²) >= 11 is 0. The van der Waals surface area contributed by atoms with Gasteiger partial charge in [0.2, 0.25) is 11.8 Å². The van der Waals surface area contributed by atoms with Crippen LogP contribution in [0.1, 0.15) is 25.3 Å². The Bertz CT molecular complexity index is 571. The van der Waals surface area contributed by atoms with Crippen LogP contribution in [0.5, 0.6) is 0 Å². The Hall–Kier alpha value is -2.57. The van der Waals surface area contributed by atoms with Crippen molar-refractivity contribution in [3.05, 3.63) is 29.8 Å². The number of likely N-dealkylation sites (N-methyl/N-ethyl adjacent to an activating group) is 1. The largest absolute Gasteiger partial charge is 0.356 e. The first-order valence-corrected chi connectivity index (χ1v) is 7.79. The standard InChI is InChI=1S/C16H22N4O3/c1-2-17-14(21)10-11-5-7-12(8-6-11)19-16(23)20-13-4-3-9-18-15(13)22/h5-8,13H,2-4,9-10H2,1H3,(H,17,21)(H,18,22)(H2,19,20,23). The summed E-state index contributed by atoms with van der Waals surface area (Å²) in [5.41, 5.74) is 1.48. The van der Waals surface area contributed by atoms with E-state index in [1.54, 1.807) is 24.3 Å². The summed E-state index contributed by atoms with van der Waals surface area (Å²) in [5, 5.41) is 10.8. The van der Waals surface area contributed by atoms with Crippen molar-refractivity contribution in [2.75, 3.05) is 18.4 Å². The van der Waals surface area contributed by atoms with Gasteiger partial charge in [0.15, 0.2) is 0 Å². The van der Waals surface area contributed by atoms with Crippen molar-refractivity contribution < 1.29 is 14.4 Å². The van der Waals surface area contributed by atoms with Crippen LogP contribution in [0.25, 0.3) is 0 Å². The van der Waals surface area contributed by atoms with Crippen LogP contribution >= 0.6 is 0 Å². The molecule has 0 bridgehead atoms. The number of nitrogens with one attached hydrogen (secondary N) is 4. The maximum atomic E-state index is 11.9. The Kier molecular flexibility index (Phi) is 5.96. The van der Waals surface area contributed by atoms with E-state index in [2.05, 4.69) is 21.3 Å². The first-order valence-electron chi connectivity index (χ1n) is 7.79. The lowest BCUT2D eigenvalue weighted by atomic mass is 10.1. The Morgan fingerprint density at radius 2 is 2.00 bits per heavy atom. The van der Waals surface area contributed by atoms with E-state index in [0.29, 0.717) is 31.6 Å². The topological polar surface area (TPSA) is 99.3 Å². The maximum Gasteiger partial charge on any atom is 0.319 e. The zero-order valence-corrected chi connectivity index (χ0v) is 13.1. The number of carbonyl (C=O) groups excluding carboxylic acids is 3. The third-order valence-electron chi connectivity index (χ3n) is 3.54. The summed E-state index contributed by atoms with van der Waals surface area (Å²) in [4.78, 5) is 35.0. The molecule has 1 fully saturated rings. The molecule has 1 heterocycles. The average Bonchev–Trinajstić information content (AvgIpc) is 2.52. The van der Waals surface area contributed by atoms with E-state index in [0.717, 1.165) is 12.0 Å². The molecule has 0 radical (unpaired) electrons. The van der Waals surface area contributed by atoms with E-state index in [1.807, 2.05) is 6.92 Å². The second kappa shape index (κ2) is 8.17. The molecule has 4 amide bonds. The molecule has 1 aliphatic rings. The van der Waals surface area contributed by atoms with Crippen molar-refractivity contribution in [1.82, 2.24) is 16.0 Å². The summed E-state index contributed by atoms with van der Waals surface area (Å²) < 4.78 is 0. The highest BCUT2D eigenvalue weighted by molar-refractivity contribution is 5.94. The molecule has 1 aliphatic heterocycles. The summed E-state index contributed by atoms with van der Waals surface area (Å²) in [6.45, 7) is 3.13. The number of anilines is 1. The van der Waals surface area contributed by atoms with Crippen molar-refractivity contribution in [2.45, 2.75) is 32.2 Å². The van der Waals surface area contributed by atoms with E-state index < -0.39 is 12.1 Å². The first kappa shape index (κ1) is 16.8. The van der Waals surface area contributed by atoms with Crippen molar-refractivity contribution in [3.8, 4) is 0 Å². The molecule has 4 N–H and O–H groups in total. The van der Waals surface area contributed by atoms with E-state index in [4.69, 9.17) is 0 Å². The molecule has 124 valence electrons. The molecule has 1 saturated heterocycles. The summed E-state index contributed by atoms with van der Waals surface area (Å²) in [6.07, 6.45) is 1.80. The minimum Gasteiger partial charge on any atom is -0.356 e. The van der Waals surface area contributed by atoms with Crippen LogP contribution in [-0.2, 0) is 16.0 Å². The Morgan fingerprint density at radius 3 is 2.65 bits per heavy atom. The normalized spacial score (nSPS) is 17.1. The summed E-state index contributed by atoms with van der Waals surface area (Å²) in [6, 6.07) is 6.14. The molecule has 23 heavy (non-hydrogen) atoms. The van der Waals surface area contributed by atoms with Crippen molar-refractivity contribution >= 4 is 23.5 Å². The van der Waals surface area contributed by atoms with E-state index >= 15 is 0 Å². The molecule has 1 atom stereocenters. The molecule has 1 aromatic carbocycles. The van der Waals surface area contributed by atoms with Gasteiger partial charge in [-0.3, -0.25) is 9.59 Å². The van der Waals surface area contributed by atoms with Gasteiger partial charge in [0.25, 0.3) is 0 Å². The van der Waals surface area contributed by atoms with Gasteiger partial charge in [-0.25, -0.2) is 4.79 Å². The molecule has 7 nitrogen and oxygen atoms in total. The maximum absolute atomic E-state index is 11.9. The number of urea groups is 1. The van der Waals surface area contributed by atoms with Crippen LogP contribution in [0.15, 0.2) is 24.3 Å². The Labute approximate surface area is 135 Å². The van der Waals surface area contributed by atoms with Crippen molar-refractivity contribution in [3.63, 3.8) is 0 Å². The van der Waals surface area contributed by atoms with Gasteiger partial charge in [-0.2, -0.15) is 0 Å². The second-order valence-electron chi connectivity index (χ2n) is 5.41. The molecular weight excluding hydrogens is 296 g/mol. The van der Waals surface area contributed by atoms with Gasteiger partial charge in [-0.05, 0) is 37.5 Å². The highest BCUT2D eigenvalue weighted by atomic mass is 16.2. The van der Waals surface area contributed by atoms with Gasteiger partial charge < -0.3 is 21.3 Å². The van der Waals surface area contributed by atoms with Gasteiger partial charge in [-0.15, -0.1) is 0 Å². The molecule has 1 unspecified atom stereocenters. The number of amides is 4. The predicted octanol–water partition coefficient (Wildman–Crippen LogP) is 0.765. The number of carbonyl (C=O) groups is 3. The fourth-order valence-electron chi connectivity index (χ4n) is 2.39. The van der Waals surface area contributed by atoms with E-state index in [9.17, 15) is 14.4 Å². The molecular formula is C16H22N4O3. The van der Waals surface area contributed by atoms with Crippen LogP contribution in [0.2, 0.25) is 0 Å². The lowest BCUT2D eigenvalue weighted by Crippen LogP contribution is -2.51. The van der Waals surface area contributed by atoms with E-state index in [-0.39, 0.29) is 11.8 Å². The first-order chi connectivity index (χ1) is 11.1. The minimum atomic E-state index is -0.485. The average molecular weight is 318 g/mol. The quantitative estimate of drug-likeness (QED) is 0.645. The molecule has 2 rings (SSSR count). The number of rotatable bonds is 5. The third-order valence-corrected chi connectivity index (χ3v) is 3.54. The highest BCUT2D eigenvalue weighted by Crippen LogP contribution is 2.10. The number of piperidine rings is 1. The van der Waals surface area contributed by atoms with Crippen LogP contribution in [0.4, 0.5) is 10.5 Å². The smallest absolute Gasteiger partial charge is 0.319 e. The molecule has 7 heteroatoms. The fraction of sp³-hybridized carbons (Fsp3) is 0.438. The predicted molar refractivity (Wildman–Crippen MR) is 87.0 cm³/mol. The zero-order valence-electron chi connectivity index (χ0n) is 13.1. The number of benzene rings is 1. The van der Waals surface area contributed by atoms with Gasteiger partial charge in [0, 0.05) is 18.8 Å². The molecule has 0 saturated carbocycles. The highest BCUT2D eigenvalue weighted by Gasteiger charge is 2.23. The third kappa shape index (κ3) is 5.28.